The Balaban J connectivity index is 2.01. The molecule has 2 amide bonds. The number of carboxylic acid groups (broad SMARTS) is 1. The molecule has 2 aromatic rings. The van der Waals surface area contributed by atoms with Gasteiger partial charge in [0.2, 0.25) is 11.8 Å². The molecule has 0 aliphatic carbocycles. The fourth-order valence-electron chi connectivity index (χ4n) is 2.96. The molecular weight excluding hydrogens is 402 g/mol. The van der Waals surface area contributed by atoms with E-state index in [1.54, 1.807) is 42.5 Å². The van der Waals surface area contributed by atoms with Crippen molar-refractivity contribution in [3.63, 3.8) is 0 Å². The number of aromatic hydroxyl groups is 1. The zero-order valence-electron chi connectivity index (χ0n) is 17.1. The Kier molecular flexibility index (Phi) is 8.53. The Morgan fingerprint density at radius 3 is 2.03 bits per heavy atom. The van der Waals surface area contributed by atoms with Gasteiger partial charge in [0, 0.05) is 6.42 Å². The number of amides is 2. The lowest BCUT2D eigenvalue weighted by Crippen LogP contribution is -2.58. The molecule has 7 N–H and O–H groups in total. The number of carbonyl (C=O) groups excluding carboxylic acids is 2. The van der Waals surface area contributed by atoms with Gasteiger partial charge in [-0.25, -0.2) is 4.79 Å². The van der Waals surface area contributed by atoms with E-state index in [0.717, 1.165) is 0 Å². The highest BCUT2D eigenvalue weighted by molar-refractivity contribution is 5.92. The topological polar surface area (TPSA) is 162 Å². The summed E-state index contributed by atoms with van der Waals surface area (Å²) in [5.41, 5.74) is 7.32. The Morgan fingerprint density at radius 2 is 1.48 bits per heavy atom. The van der Waals surface area contributed by atoms with Gasteiger partial charge in [-0.15, -0.1) is 0 Å². The molecule has 9 heteroatoms. The van der Waals surface area contributed by atoms with Gasteiger partial charge >= 0.3 is 5.97 Å². The number of carboxylic acids is 1. The van der Waals surface area contributed by atoms with E-state index in [9.17, 15) is 29.7 Å². The maximum absolute atomic E-state index is 12.6. The van der Waals surface area contributed by atoms with E-state index >= 15 is 0 Å². The fraction of sp³-hybridized carbons (Fsp3) is 0.318. The van der Waals surface area contributed by atoms with Crippen LogP contribution in [0.2, 0.25) is 0 Å². The molecular formula is C22H27N3O6. The highest BCUT2D eigenvalue weighted by atomic mass is 16.4. The summed E-state index contributed by atoms with van der Waals surface area (Å²) in [6.07, 6.45) is -1.09. The van der Waals surface area contributed by atoms with E-state index in [-0.39, 0.29) is 18.6 Å². The van der Waals surface area contributed by atoms with Crippen LogP contribution in [0.25, 0.3) is 0 Å². The summed E-state index contributed by atoms with van der Waals surface area (Å²) in [5.74, 6) is -2.67. The van der Waals surface area contributed by atoms with E-state index in [0.29, 0.717) is 11.1 Å². The molecule has 0 bridgehead atoms. The number of phenolic OH excluding ortho intramolecular Hbond substituents is 1. The Morgan fingerprint density at radius 1 is 0.903 bits per heavy atom. The summed E-state index contributed by atoms with van der Waals surface area (Å²) in [5, 5.41) is 33.5. The van der Waals surface area contributed by atoms with E-state index in [1.165, 1.54) is 19.1 Å². The van der Waals surface area contributed by atoms with Crippen molar-refractivity contribution < 1.29 is 29.7 Å². The summed E-state index contributed by atoms with van der Waals surface area (Å²) < 4.78 is 0. The van der Waals surface area contributed by atoms with Gasteiger partial charge in [-0.05, 0) is 36.6 Å². The van der Waals surface area contributed by atoms with Gasteiger partial charge in [-0.1, -0.05) is 42.5 Å². The first kappa shape index (κ1) is 23.8. The molecule has 4 unspecified atom stereocenters. The number of aliphatic hydroxyl groups excluding tert-OH is 1. The molecule has 0 spiro atoms. The third kappa shape index (κ3) is 7.40. The lowest BCUT2D eigenvalue weighted by Gasteiger charge is -2.24. The zero-order chi connectivity index (χ0) is 23.0. The molecule has 0 saturated carbocycles. The van der Waals surface area contributed by atoms with Crippen LogP contribution in [0.3, 0.4) is 0 Å². The molecule has 166 valence electrons. The second-order valence-corrected chi connectivity index (χ2v) is 7.29. The number of rotatable bonds is 10. The number of aliphatic carboxylic acids is 1. The van der Waals surface area contributed by atoms with Crippen LogP contribution in [0, 0.1) is 0 Å². The molecule has 31 heavy (non-hydrogen) atoms. The summed E-state index contributed by atoms with van der Waals surface area (Å²) in [7, 11) is 0. The zero-order valence-corrected chi connectivity index (χ0v) is 17.1. The Hall–Kier alpha value is -3.43. The smallest absolute Gasteiger partial charge is 0.326 e. The first-order chi connectivity index (χ1) is 14.7. The monoisotopic (exact) mass is 429 g/mol. The van der Waals surface area contributed by atoms with Crippen LogP contribution in [0.5, 0.6) is 5.75 Å². The molecule has 9 nitrogen and oxygen atoms in total. The SMILES string of the molecule is CC(O)C(NC(=O)C(N)Cc1ccc(O)cc1)C(=O)NC(Cc1ccccc1)C(=O)O. The quantitative estimate of drug-likeness (QED) is 0.308. The lowest BCUT2D eigenvalue weighted by molar-refractivity contribution is -0.142. The normalized spacial score (nSPS) is 14.7. The molecule has 0 heterocycles. The van der Waals surface area contributed by atoms with Crippen molar-refractivity contribution >= 4 is 17.8 Å². The first-order valence-electron chi connectivity index (χ1n) is 9.76. The highest BCUT2D eigenvalue weighted by Crippen LogP contribution is 2.11. The molecule has 0 aliphatic rings. The molecule has 0 fully saturated rings. The van der Waals surface area contributed by atoms with Gasteiger partial charge in [0.05, 0.1) is 12.1 Å². The van der Waals surface area contributed by atoms with E-state index < -0.39 is 42.0 Å². The number of aliphatic hydroxyl groups is 1. The van der Waals surface area contributed by atoms with Crippen LogP contribution in [-0.2, 0) is 27.2 Å². The van der Waals surface area contributed by atoms with Crippen molar-refractivity contribution in [1.82, 2.24) is 10.6 Å². The standard InChI is InChI=1S/C22H27N3O6/c1-13(26)19(25-20(28)17(23)11-15-7-9-16(27)10-8-15)21(29)24-18(22(30)31)12-14-5-3-2-4-6-14/h2-10,13,17-19,26-27H,11-12,23H2,1H3,(H,24,29)(H,25,28)(H,30,31). The molecule has 2 aromatic carbocycles. The van der Waals surface area contributed by atoms with Gasteiger partial charge in [-0.3, -0.25) is 9.59 Å². The molecule has 4 atom stereocenters. The van der Waals surface area contributed by atoms with Crippen molar-refractivity contribution in [3.05, 3.63) is 65.7 Å². The number of nitrogens with two attached hydrogens (primary N) is 1. The molecule has 0 aromatic heterocycles. The summed E-state index contributed by atoms with van der Waals surface area (Å²) in [6, 6.07) is 11.3. The second-order valence-electron chi connectivity index (χ2n) is 7.29. The summed E-state index contributed by atoms with van der Waals surface area (Å²) >= 11 is 0. The van der Waals surface area contributed by atoms with E-state index in [1.807, 2.05) is 0 Å². The van der Waals surface area contributed by atoms with Crippen LogP contribution in [-0.4, -0.2) is 57.3 Å². The van der Waals surface area contributed by atoms with Gasteiger partial charge in [0.1, 0.15) is 17.8 Å². The van der Waals surface area contributed by atoms with Crippen LogP contribution in [0.4, 0.5) is 0 Å². The first-order valence-corrected chi connectivity index (χ1v) is 9.76. The fourth-order valence-corrected chi connectivity index (χ4v) is 2.96. The third-order valence-electron chi connectivity index (χ3n) is 4.69. The lowest BCUT2D eigenvalue weighted by atomic mass is 10.0. The third-order valence-corrected chi connectivity index (χ3v) is 4.69. The van der Waals surface area contributed by atoms with Gasteiger partial charge < -0.3 is 31.7 Å². The highest BCUT2D eigenvalue weighted by Gasteiger charge is 2.31. The van der Waals surface area contributed by atoms with E-state index in [4.69, 9.17) is 5.73 Å². The number of benzene rings is 2. The average Bonchev–Trinajstić information content (AvgIpc) is 2.73. The summed E-state index contributed by atoms with van der Waals surface area (Å²) in [4.78, 5) is 36.7. The predicted molar refractivity (Wildman–Crippen MR) is 113 cm³/mol. The molecule has 0 aliphatic heterocycles. The van der Waals surface area contributed by atoms with Crippen LogP contribution in [0.1, 0.15) is 18.1 Å². The average molecular weight is 429 g/mol. The van der Waals surface area contributed by atoms with Crippen LogP contribution >= 0.6 is 0 Å². The Bertz CT molecular complexity index is 886. The minimum absolute atomic E-state index is 0.0444. The number of phenols is 1. The maximum Gasteiger partial charge on any atom is 0.326 e. The van der Waals surface area contributed by atoms with E-state index in [2.05, 4.69) is 10.6 Å². The summed E-state index contributed by atoms with van der Waals surface area (Å²) in [6.45, 7) is 1.31. The molecule has 2 rings (SSSR count). The minimum Gasteiger partial charge on any atom is -0.508 e. The minimum atomic E-state index is -1.38. The Labute approximate surface area is 179 Å². The van der Waals surface area contributed by atoms with Crippen molar-refractivity contribution in [2.45, 2.75) is 44.0 Å². The number of hydrogen-bond donors (Lipinski definition) is 6. The van der Waals surface area contributed by atoms with Gasteiger partial charge in [0.25, 0.3) is 0 Å². The van der Waals surface area contributed by atoms with Crippen LogP contribution in [0.15, 0.2) is 54.6 Å². The molecule has 0 saturated heterocycles. The number of hydrogen-bond acceptors (Lipinski definition) is 6. The second kappa shape index (κ2) is 11.1. The number of carbonyl (C=O) groups is 3. The van der Waals surface area contributed by atoms with Crippen molar-refractivity contribution in [1.29, 1.82) is 0 Å². The largest absolute Gasteiger partial charge is 0.508 e. The van der Waals surface area contributed by atoms with Crippen molar-refractivity contribution in [2.75, 3.05) is 0 Å². The van der Waals surface area contributed by atoms with Gasteiger partial charge in [-0.2, -0.15) is 0 Å². The van der Waals surface area contributed by atoms with Crippen molar-refractivity contribution in [3.8, 4) is 5.75 Å². The van der Waals surface area contributed by atoms with Crippen molar-refractivity contribution in [2.24, 2.45) is 5.73 Å². The number of nitrogens with one attached hydrogen (secondary N) is 2. The maximum atomic E-state index is 12.6. The predicted octanol–water partition coefficient (Wildman–Crippen LogP) is -0.0603. The molecule has 0 radical (unpaired) electrons. The van der Waals surface area contributed by atoms with Gasteiger partial charge in [0.15, 0.2) is 0 Å². The van der Waals surface area contributed by atoms with Crippen LogP contribution < -0.4 is 16.4 Å².